The Morgan fingerprint density at radius 2 is 1.35 bits per heavy atom. The Bertz CT molecular complexity index is 1940. The molecule has 0 saturated carbocycles. The molecule has 0 bridgehead atoms. The molecule has 0 atom stereocenters. The summed E-state index contributed by atoms with van der Waals surface area (Å²) < 4.78 is 40.0. The maximum absolute atomic E-state index is 13.3. The van der Waals surface area contributed by atoms with Crippen LogP contribution in [0.3, 0.4) is 0 Å². The van der Waals surface area contributed by atoms with Gasteiger partial charge in [-0.2, -0.15) is 13.2 Å². The number of nitrogens with one attached hydrogen (secondary N) is 1. The lowest BCUT2D eigenvalue weighted by molar-refractivity contribution is -0.138. The molecular weight excluding hydrogens is 687 g/mol. The minimum absolute atomic E-state index is 0.107. The van der Waals surface area contributed by atoms with Gasteiger partial charge in [0.25, 0.3) is 11.8 Å². The Kier molecular flexibility index (Phi) is 11.9. The zero-order valence-electron chi connectivity index (χ0n) is 26.9. The molecule has 2 aromatic heterocycles. The van der Waals surface area contributed by atoms with Crippen molar-refractivity contribution in [3.63, 3.8) is 0 Å². The first kappa shape index (κ1) is 36.4. The van der Waals surface area contributed by atoms with Crippen LogP contribution in [0.5, 0.6) is 0 Å². The number of piperazine rings is 1. The smallest absolute Gasteiger partial charge is 0.417 e. The van der Waals surface area contributed by atoms with Crippen molar-refractivity contribution in [2.45, 2.75) is 12.6 Å². The number of hydrogen-bond donors (Lipinski definition) is 2. The summed E-state index contributed by atoms with van der Waals surface area (Å²) in [5.74, 6) is -1.56. The molecule has 2 amide bonds. The minimum Gasteiger partial charge on any atom is -0.476 e. The molecule has 1 aliphatic rings. The predicted octanol–water partition coefficient (Wildman–Crippen LogP) is 5.93. The number of carbonyl (C=O) groups excluding carboxylic acids is 2. The quantitative estimate of drug-likeness (QED) is 0.200. The summed E-state index contributed by atoms with van der Waals surface area (Å²) in [6, 6.07) is 29.1. The molecule has 0 unspecified atom stereocenters. The highest BCUT2D eigenvalue weighted by atomic mass is 35.5. The maximum Gasteiger partial charge on any atom is 0.417 e. The van der Waals surface area contributed by atoms with Crippen LogP contribution in [-0.4, -0.2) is 80.9 Å². The number of halogens is 4. The van der Waals surface area contributed by atoms with E-state index in [0.29, 0.717) is 31.9 Å². The van der Waals surface area contributed by atoms with E-state index in [9.17, 15) is 27.6 Å². The summed E-state index contributed by atoms with van der Waals surface area (Å²) in [6.45, 7) is 1.68. The summed E-state index contributed by atoms with van der Waals surface area (Å²) in [5, 5.41) is 26.2. The van der Waals surface area contributed by atoms with E-state index in [0.717, 1.165) is 22.8 Å². The zero-order chi connectivity index (χ0) is 36.4. The highest BCUT2D eigenvalue weighted by molar-refractivity contribution is 6.29. The molecule has 0 radical (unpaired) electrons. The van der Waals surface area contributed by atoms with E-state index >= 15 is 0 Å². The van der Waals surface area contributed by atoms with Gasteiger partial charge in [0.1, 0.15) is 0 Å². The lowest BCUT2D eigenvalue weighted by atomic mass is 10.0. The van der Waals surface area contributed by atoms with Crippen LogP contribution in [0, 0.1) is 0 Å². The van der Waals surface area contributed by atoms with Gasteiger partial charge in [-0.25, -0.2) is 4.79 Å². The highest BCUT2D eigenvalue weighted by Gasteiger charge is 2.36. The molecule has 11 nitrogen and oxygen atoms in total. The number of benzene rings is 3. The van der Waals surface area contributed by atoms with Gasteiger partial charge < -0.3 is 20.2 Å². The Balaban J connectivity index is 0.000000435. The van der Waals surface area contributed by atoms with Crippen LogP contribution < -0.4 is 10.2 Å². The van der Waals surface area contributed by atoms with Gasteiger partial charge in [0.2, 0.25) is 0 Å². The molecule has 1 saturated heterocycles. The Hall–Kier alpha value is -5.89. The van der Waals surface area contributed by atoms with Crippen molar-refractivity contribution >= 4 is 35.2 Å². The van der Waals surface area contributed by atoms with Gasteiger partial charge in [0, 0.05) is 32.7 Å². The lowest BCUT2D eigenvalue weighted by Gasteiger charge is -2.35. The van der Waals surface area contributed by atoms with Gasteiger partial charge in [-0.05, 0) is 59.5 Å². The first-order valence-corrected chi connectivity index (χ1v) is 16.1. The summed E-state index contributed by atoms with van der Waals surface area (Å²) in [7, 11) is 0. The largest absolute Gasteiger partial charge is 0.476 e. The summed E-state index contributed by atoms with van der Waals surface area (Å²) in [4.78, 5) is 38.8. The number of carboxylic acid groups (broad SMARTS) is 1. The lowest BCUT2D eigenvalue weighted by Crippen LogP contribution is -2.49. The number of alkyl halides is 3. The summed E-state index contributed by atoms with van der Waals surface area (Å²) in [5.41, 5.74) is 2.17. The third kappa shape index (κ3) is 9.85. The first-order chi connectivity index (χ1) is 24.5. The number of hydrogen-bond acceptors (Lipinski definition) is 8. The molecule has 1 aliphatic heterocycles. The average Bonchev–Trinajstić information content (AvgIpc) is 3.15. The number of aromatic carboxylic acids is 1. The van der Waals surface area contributed by atoms with E-state index in [1.54, 1.807) is 12.1 Å². The van der Waals surface area contributed by atoms with Gasteiger partial charge in [-0.1, -0.05) is 78.3 Å². The highest BCUT2D eigenvalue weighted by Crippen LogP contribution is 2.32. The molecule has 262 valence electrons. The second kappa shape index (κ2) is 16.7. The Labute approximate surface area is 295 Å². The molecule has 1 fully saturated rings. The van der Waals surface area contributed by atoms with Crippen molar-refractivity contribution in [3.05, 3.63) is 136 Å². The van der Waals surface area contributed by atoms with Gasteiger partial charge in [0.15, 0.2) is 22.4 Å². The van der Waals surface area contributed by atoms with E-state index in [-0.39, 0.29) is 41.1 Å². The standard InChI is InChI=1S/C31H28F3N5O2.C5H3ClN2O2/c32-31(33,34)26-9-5-4-8-25(26)30(41)39-20-18-38(19-21-39)28-15-14-27(36-37-28)29(40)35-17-16-22-10-12-24(13-11-22)23-6-2-1-3-7-23;6-4-2-1-3(5(9)10)7-8-4/h1-15H,16-21H2,(H,35,40);1-2H,(H,9,10). The van der Waals surface area contributed by atoms with Crippen LogP contribution in [0.4, 0.5) is 19.0 Å². The van der Waals surface area contributed by atoms with Crippen molar-refractivity contribution in [2.24, 2.45) is 0 Å². The third-order valence-electron chi connectivity index (χ3n) is 7.85. The van der Waals surface area contributed by atoms with Crippen molar-refractivity contribution < 1.29 is 32.7 Å². The molecule has 15 heteroatoms. The van der Waals surface area contributed by atoms with E-state index in [2.05, 4.69) is 50.0 Å². The van der Waals surface area contributed by atoms with Crippen LogP contribution in [-0.2, 0) is 12.6 Å². The van der Waals surface area contributed by atoms with Crippen LogP contribution in [0.2, 0.25) is 5.15 Å². The van der Waals surface area contributed by atoms with Crippen LogP contribution >= 0.6 is 11.6 Å². The predicted molar refractivity (Wildman–Crippen MR) is 184 cm³/mol. The van der Waals surface area contributed by atoms with E-state index in [1.165, 1.54) is 35.2 Å². The first-order valence-electron chi connectivity index (χ1n) is 15.7. The number of anilines is 1. The van der Waals surface area contributed by atoms with Crippen molar-refractivity contribution in [1.82, 2.24) is 30.6 Å². The molecular formula is C36H31ClF3N7O4. The number of amides is 2. The molecule has 5 aromatic rings. The number of rotatable bonds is 8. The fourth-order valence-corrected chi connectivity index (χ4v) is 5.28. The molecule has 51 heavy (non-hydrogen) atoms. The monoisotopic (exact) mass is 717 g/mol. The van der Waals surface area contributed by atoms with E-state index in [4.69, 9.17) is 16.7 Å². The second-order valence-corrected chi connectivity index (χ2v) is 11.6. The number of carbonyl (C=O) groups is 3. The SMILES string of the molecule is O=C(NCCc1ccc(-c2ccccc2)cc1)c1ccc(N2CCN(C(=O)c3ccccc3C(F)(F)F)CC2)nn1.O=C(O)c1ccc(Cl)nn1. The third-order valence-corrected chi connectivity index (χ3v) is 8.05. The molecule has 3 aromatic carbocycles. The van der Waals surface area contributed by atoms with E-state index < -0.39 is 23.6 Å². The number of nitrogens with zero attached hydrogens (tertiary/aromatic N) is 6. The molecule has 3 heterocycles. The van der Waals surface area contributed by atoms with Gasteiger partial charge in [-0.15, -0.1) is 20.4 Å². The van der Waals surface area contributed by atoms with Crippen molar-refractivity contribution in [3.8, 4) is 11.1 Å². The van der Waals surface area contributed by atoms with Gasteiger partial charge >= 0.3 is 12.1 Å². The van der Waals surface area contributed by atoms with Crippen LogP contribution in [0.1, 0.15) is 42.5 Å². The second-order valence-electron chi connectivity index (χ2n) is 11.2. The Morgan fingerprint density at radius 3 is 1.96 bits per heavy atom. The molecule has 0 aliphatic carbocycles. The van der Waals surface area contributed by atoms with Gasteiger partial charge in [-0.3, -0.25) is 9.59 Å². The summed E-state index contributed by atoms with van der Waals surface area (Å²) in [6.07, 6.45) is -3.94. The summed E-state index contributed by atoms with van der Waals surface area (Å²) >= 11 is 5.35. The number of carboxylic acids is 1. The molecule has 2 N–H and O–H groups in total. The maximum atomic E-state index is 13.3. The normalized spacial score (nSPS) is 12.8. The van der Waals surface area contributed by atoms with Crippen LogP contribution in [0.15, 0.2) is 103 Å². The van der Waals surface area contributed by atoms with Crippen molar-refractivity contribution in [1.29, 1.82) is 0 Å². The zero-order valence-corrected chi connectivity index (χ0v) is 27.7. The fourth-order valence-electron chi connectivity index (χ4n) is 5.18. The minimum atomic E-state index is -4.61. The Morgan fingerprint density at radius 1 is 0.725 bits per heavy atom. The number of aromatic nitrogens is 4. The van der Waals surface area contributed by atoms with Crippen molar-refractivity contribution in [2.75, 3.05) is 37.6 Å². The molecule has 0 spiro atoms. The molecule has 6 rings (SSSR count). The van der Waals surface area contributed by atoms with E-state index in [1.807, 2.05) is 35.2 Å². The average molecular weight is 718 g/mol. The fraction of sp³-hybridized carbons (Fsp3) is 0.194. The topological polar surface area (TPSA) is 142 Å². The van der Waals surface area contributed by atoms with Gasteiger partial charge in [0.05, 0.1) is 11.1 Å². The van der Waals surface area contributed by atoms with Crippen LogP contribution in [0.25, 0.3) is 11.1 Å².